The molecule has 4 rings (SSSR count). The largest absolute Gasteiger partial charge is 0.489 e. The number of carbonyl (C=O) groups is 1. The number of benzene rings is 2. The number of nitrogens with zero attached hydrogens (tertiary/aromatic N) is 2. The number of aromatic nitrogens is 1. The van der Waals surface area contributed by atoms with Gasteiger partial charge in [-0.15, -0.1) is 0 Å². The van der Waals surface area contributed by atoms with Crippen molar-refractivity contribution in [3.8, 4) is 16.9 Å². The highest BCUT2D eigenvalue weighted by molar-refractivity contribution is 9.10. The number of ether oxygens (including phenoxy) is 1. The van der Waals surface area contributed by atoms with Crippen LogP contribution in [0.2, 0.25) is 0 Å². The van der Waals surface area contributed by atoms with Crippen LogP contribution in [0.1, 0.15) is 12.0 Å². The molecular formula is C24H23BrN4O3. The van der Waals surface area contributed by atoms with Crippen LogP contribution in [0.5, 0.6) is 5.75 Å². The molecule has 0 saturated carbocycles. The fraction of sp³-hybridized carbons (Fsp3) is 0.208. The summed E-state index contributed by atoms with van der Waals surface area (Å²) in [6.45, 7) is 2.59. The number of amides is 2. The van der Waals surface area contributed by atoms with E-state index in [1.807, 2.05) is 49.4 Å². The lowest BCUT2D eigenvalue weighted by atomic mass is 10.0. The standard InChI is InChI=1S/C24H23BrN4O3/c1-16-11-23(26-14-21(16)25)28-24(30)27-13-18-12-19(32-29-18)15-31-22-10-6-5-9-20(22)17-7-3-2-4-8-17/h2-11,14,19H,12-13,15H2,1H3,(H2,26,27,28,30). The summed E-state index contributed by atoms with van der Waals surface area (Å²) in [6, 6.07) is 19.5. The molecule has 3 aromatic rings. The first-order valence-corrected chi connectivity index (χ1v) is 11.0. The minimum atomic E-state index is -0.349. The number of nitrogens with one attached hydrogen (secondary N) is 2. The Morgan fingerprint density at radius 1 is 1.19 bits per heavy atom. The van der Waals surface area contributed by atoms with E-state index in [0.29, 0.717) is 25.4 Å². The summed E-state index contributed by atoms with van der Waals surface area (Å²) in [5.41, 5.74) is 3.87. The van der Waals surface area contributed by atoms with Crippen molar-refractivity contribution in [1.29, 1.82) is 0 Å². The van der Waals surface area contributed by atoms with Gasteiger partial charge in [0.25, 0.3) is 0 Å². The highest BCUT2D eigenvalue weighted by Gasteiger charge is 2.22. The third-order valence-corrected chi connectivity index (χ3v) is 5.76. The number of rotatable bonds is 7. The summed E-state index contributed by atoms with van der Waals surface area (Å²) in [7, 11) is 0. The number of pyridine rings is 1. The molecule has 2 N–H and O–H groups in total. The lowest BCUT2D eigenvalue weighted by molar-refractivity contribution is 0.0472. The van der Waals surface area contributed by atoms with Crippen molar-refractivity contribution in [1.82, 2.24) is 10.3 Å². The summed E-state index contributed by atoms with van der Waals surface area (Å²) in [5.74, 6) is 1.28. The average Bonchev–Trinajstić information content (AvgIpc) is 3.27. The first kappa shape index (κ1) is 21.8. The maximum atomic E-state index is 12.1. The van der Waals surface area contributed by atoms with Crippen LogP contribution in [0.4, 0.5) is 10.6 Å². The van der Waals surface area contributed by atoms with E-state index in [9.17, 15) is 4.79 Å². The van der Waals surface area contributed by atoms with Crippen LogP contribution in [0.3, 0.4) is 0 Å². The molecule has 0 spiro atoms. The van der Waals surface area contributed by atoms with Gasteiger partial charge in [0.1, 0.15) is 18.2 Å². The summed E-state index contributed by atoms with van der Waals surface area (Å²) in [4.78, 5) is 21.8. The van der Waals surface area contributed by atoms with E-state index in [1.54, 1.807) is 12.3 Å². The van der Waals surface area contributed by atoms with Gasteiger partial charge < -0.3 is 14.9 Å². The third kappa shape index (κ3) is 5.64. The molecule has 2 aromatic carbocycles. The van der Waals surface area contributed by atoms with Crippen LogP contribution in [0.15, 0.2) is 76.5 Å². The van der Waals surface area contributed by atoms with Gasteiger partial charge in [0.2, 0.25) is 0 Å². The molecule has 1 atom stereocenters. The van der Waals surface area contributed by atoms with Crippen LogP contribution in [0.25, 0.3) is 11.1 Å². The van der Waals surface area contributed by atoms with Crippen LogP contribution >= 0.6 is 15.9 Å². The van der Waals surface area contributed by atoms with Gasteiger partial charge in [-0.1, -0.05) is 53.7 Å². The van der Waals surface area contributed by atoms with E-state index < -0.39 is 0 Å². The smallest absolute Gasteiger partial charge is 0.320 e. The summed E-state index contributed by atoms with van der Waals surface area (Å²) < 4.78 is 6.93. The molecule has 7 nitrogen and oxygen atoms in total. The van der Waals surface area contributed by atoms with Crippen molar-refractivity contribution in [2.75, 3.05) is 18.5 Å². The maximum absolute atomic E-state index is 12.1. The average molecular weight is 495 g/mol. The number of carbonyl (C=O) groups excluding carboxylic acids is 1. The number of hydrogen-bond donors (Lipinski definition) is 2. The van der Waals surface area contributed by atoms with Gasteiger partial charge in [0, 0.05) is 22.7 Å². The first-order valence-electron chi connectivity index (χ1n) is 10.2. The highest BCUT2D eigenvalue weighted by atomic mass is 79.9. The second kappa shape index (κ2) is 10.3. The zero-order valence-electron chi connectivity index (χ0n) is 17.5. The zero-order valence-corrected chi connectivity index (χ0v) is 19.1. The quantitative estimate of drug-likeness (QED) is 0.474. The number of urea groups is 1. The predicted octanol–water partition coefficient (Wildman–Crippen LogP) is 5.16. The highest BCUT2D eigenvalue weighted by Crippen LogP contribution is 2.30. The molecule has 0 saturated heterocycles. The molecule has 0 radical (unpaired) electrons. The Labute approximate surface area is 195 Å². The van der Waals surface area contributed by atoms with Gasteiger partial charge in [0.05, 0.1) is 12.3 Å². The number of para-hydroxylation sites is 1. The van der Waals surface area contributed by atoms with Crippen LogP contribution < -0.4 is 15.4 Å². The van der Waals surface area contributed by atoms with E-state index >= 15 is 0 Å². The monoisotopic (exact) mass is 494 g/mol. The lowest BCUT2D eigenvalue weighted by Crippen LogP contribution is -2.33. The Hall–Kier alpha value is -3.39. The Bertz CT molecular complexity index is 1120. The van der Waals surface area contributed by atoms with E-state index in [4.69, 9.17) is 9.57 Å². The summed E-state index contributed by atoms with van der Waals surface area (Å²) in [5, 5.41) is 9.58. The molecule has 0 bridgehead atoms. The Morgan fingerprint density at radius 3 is 2.78 bits per heavy atom. The minimum absolute atomic E-state index is 0.200. The van der Waals surface area contributed by atoms with Crippen LogP contribution in [0, 0.1) is 6.92 Å². The second-order valence-corrected chi connectivity index (χ2v) is 8.24. The van der Waals surface area contributed by atoms with Gasteiger partial charge in [0.15, 0.2) is 6.10 Å². The predicted molar refractivity (Wildman–Crippen MR) is 128 cm³/mol. The van der Waals surface area contributed by atoms with E-state index in [0.717, 1.165) is 32.6 Å². The Balaban J connectivity index is 1.24. The van der Waals surface area contributed by atoms with Crippen molar-refractivity contribution >= 4 is 33.5 Å². The molecule has 164 valence electrons. The van der Waals surface area contributed by atoms with Crippen molar-refractivity contribution in [3.05, 3.63) is 76.9 Å². The maximum Gasteiger partial charge on any atom is 0.320 e. The van der Waals surface area contributed by atoms with Crippen LogP contribution in [-0.2, 0) is 4.84 Å². The molecule has 32 heavy (non-hydrogen) atoms. The molecule has 1 aliphatic heterocycles. The number of aryl methyl sites for hydroxylation is 1. The number of anilines is 1. The lowest BCUT2D eigenvalue weighted by Gasteiger charge is -2.14. The second-order valence-electron chi connectivity index (χ2n) is 7.39. The third-order valence-electron chi connectivity index (χ3n) is 4.93. The Kier molecular flexibility index (Phi) is 7.01. The van der Waals surface area contributed by atoms with Crippen molar-refractivity contribution < 1.29 is 14.4 Å². The molecule has 2 heterocycles. The normalized spacial score (nSPS) is 14.9. The number of halogens is 1. The minimum Gasteiger partial charge on any atom is -0.489 e. The van der Waals surface area contributed by atoms with Crippen LogP contribution in [-0.4, -0.2) is 36.0 Å². The molecule has 8 heteroatoms. The molecule has 1 unspecified atom stereocenters. The van der Waals surface area contributed by atoms with Crippen molar-refractivity contribution in [2.45, 2.75) is 19.4 Å². The topological polar surface area (TPSA) is 84.8 Å². The van der Waals surface area contributed by atoms with Gasteiger partial charge in [-0.25, -0.2) is 9.78 Å². The van der Waals surface area contributed by atoms with Gasteiger partial charge >= 0.3 is 6.03 Å². The first-order chi connectivity index (χ1) is 15.6. The Morgan fingerprint density at radius 2 is 1.97 bits per heavy atom. The SMILES string of the molecule is Cc1cc(NC(=O)NCC2=NOC(COc3ccccc3-c3ccccc3)C2)ncc1Br. The van der Waals surface area contributed by atoms with Gasteiger partial charge in [-0.05, 0) is 46.1 Å². The van der Waals surface area contributed by atoms with Crippen molar-refractivity contribution in [2.24, 2.45) is 5.16 Å². The molecular weight excluding hydrogens is 472 g/mol. The fourth-order valence-electron chi connectivity index (χ4n) is 3.26. The summed E-state index contributed by atoms with van der Waals surface area (Å²) in [6.07, 6.45) is 2.04. The van der Waals surface area contributed by atoms with E-state index in [2.05, 4.69) is 48.8 Å². The number of oxime groups is 1. The van der Waals surface area contributed by atoms with Gasteiger partial charge in [-0.3, -0.25) is 5.32 Å². The molecule has 1 aromatic heterocycles. The van der Waals surface area contributed by atoms with E-state index in [1.165, 1.54) is 0 Å². The summed E-state index contributed by atoms with van der Waals surface area (Å²) >= 11 is 3.39. The van der Waals surface area contributed by atoms with E-state index in [-0.39, 0.29) is 12.1 Å². The molecule has 0 fully saturated rings. The molecule has 0 aliphatic carbocycles. The molecule has 2 amide bonds. The fourth-order valence-corrected chi connectivity index (χ4v) is 3.48. The number of hydrogen-bond acceptors (Lipinski definition) is 5. The molecule has 1 aliphatic rings. The van der Waals surface area contributed by atoms with Crippen molar-refractivity contribution in [3.63, 3.8) is 0 Å². The van der Waals surface area contributed by atoms with Gasteiger partial charge in [-0.2, -0.15) is 0 Å². The zero-order chi connectivity index (χ0) is 22.3.